The fraction of sp³-hybridized carbons (Fsp3) is 0.333. The Morgan fingerprint density at radius 2 is 2.09 bits per heavy atom. The summed E-state index contributed by atoms with van der Waals surface area (Å²) in [5.74, 6) is -0.200. The van der Waals surface area contributed by atoms with Crippen molar-refractivity contribution in [3.8, 4) is 0 Å². The maximum absolute atomic E-state index is 12.0. The number of carbonyl (C=O) groups is 1. The predicted octanol–water partition coefficient (Wildman–Crippen LogP) is 4.15. The summed E-state index contributed by atoms with van der Waals surface area (Å²) in [7, 11) is 0. The van der Waals surface area contributed by atoms with Crippen molar-refractivity contribution in [3.05, 3.63) is 44.7 Å². The maximum atomic E-state index is 12.0. The van der Waals surface area contributed by atoms with Crippen LogP contribution in [0.3, 0.4) is 0 Å². The number of hydrogen-bond acceptors (Lipinski definition) is 5. The van der Waals surface area contributed by atoms with E-state index in [-0.39, 0.29) is 38.9 Å². The van der Waals surface area contributed by atoms with Crippen LogP contribution in [0.5, 0.6) is 0 Å². The van der Waals surface area contributed by atoms with E-state index in [2.05, 4.69) is 4.99 Å². The summed E-state index contributed by atoms with van der Waals surface area (Å²) in [6.45, 7) is 3.80. The number of nitrogens with zero attached hydrogens (tertiary/aromatic N) is 2. The van der Waals surface area contributed by atoms with Crippen LogP contribution in [0.15, 0.2) is 34.5 Å². The molecule has 0 radical (unpaired) electrons. The monoisotopic (exact) mass is 322 g/mol. The summed E-state index contributed by atoms with van der Waals surface area (Å²) in [5, 5.41) is 20.8. The van der Waals surface area contributed by atoms with E-state index in [9.17, 15) is 20.0 Å². The highest BCUT2D eigenvalue weighted by atomic mass is 35.5. The lowest BCUT2D eigenvalue weighted by Crippen LogP contribution is -2.26. The fourth-order valence-corrected chi connectivity index (χ4v) is 2.50. The topological polar surface area (TPSA) is 92.8 Å². The van der Waals surface area contributed by atoms with Crippen LogP contribution < -0.4 is 0 Å². The lowest BCUT2D eigenvalue weighted by atomic mass is 9.77. The summed E-state index contributed by atoms with van der Waals surface area (Å²) >= 11 is 5.72. The molecule has 2 rings (SSSR count). The van der Waals surface area contributed by atoms with Crippen molar-refractivity contribution in [1.82, 2.24) is 0 Å². The molecule has 1 aliphatic rings. The Hall–Kier alpha value is -2.21. The molecule has 0 atom stereocenters. The van der Waals surface area contributed by atoms with Crippen molar-refractivity contribution in [2.24, 2.45) is 10.4 Å². The molecule has 0 aromatic heterocycles. The number of rotatable bonds is 3. The van der Waals surface area contributed by atoms with Gasteiger partial charge in [0, 0.05) is 25.1 Å². The van der Waals surface area contributed by atoms with E-state index < -0.39 is 4.92 Å². The van der Waals surface area contributed by atoms with Crippen LogP contribution in [0.25, 0.3) is 0 Å². The van der Waals surface area contributed by atoms with Crippen LogP contribution in [-0.2, 0) is 4.79 Å². The van der Waals surface area contributed by atoms with Crippen molar-refractivity contribution >= 4 is 35.0 Å². The van der Waals surface area contributed by atoms with E-state index in [4.69, 9.17) is 11.6 Å². The largest absolute Gasteiger partial charge is 0.511 e. The number of aliphatic hydroxyl groups excluding tert-OH is 1. The number of benzene rings is 1. The first kappa shape index (κ1) is 16.2. The van der Waals surface area contributed by atoms with Gasteiger partial charge in [-0.1, -0.05) is 25.4 Å². The van der Waals surface area contributed by atoms with Gasteiger partial charge in [0.1, 0.15) is 10.8 Å². The first-order valence-corrected chi connectivity index (χ1v) is 7.01. The quantitative estimate of drug-likeness (QED) is 0.514. The zero-order valence-corrected chi connectivity index (χ0v) is 12.9. The van der Waals surface area contributed by atoms with Crippen LogP contribution in [0.4, 0.5) is 11.4 Å². The lowest BCUT2D eigenvalue weighted by molar-refractivity contribution is -0.384. The van der Waals surface area contributed by atoms with Crippen LogP contribution in [0, 0.1) is 15.5 Å². The van der Waals surface area contributed by atoms with Crippen molar-refractivity contribution in [2.75, 3.05) is 0 Å². The average molecular weight is 323 g/mol. The van der Waals surface area contributed by atoms with Gasteiger partial charge in [-0.25, -0.2) is 0 Å². The van der Waals surface area contributed by atoms with Gasteiger partial charge in [-0.2, -0.15) is 0 Å². The Morgan fingerprint density at radius 3 is 2.68 bits per heavy atom. The lowest BCUT2D eigenvalue weighted by Gasteiger charge is -2.28. The average Bonchev–Trinajstić information content (AvgIpc) is 2.37. The third-order valence-corrected chi connectivity index (χ3v) is 3.69. The van der Waals surface area contributed by atoms with Gasteiger partial charge < -0.3 is 5.11 Å². The summed E-state index contributed by atoms with van der Waals surface area (Å²) < 4.78 is 0. The van der Waals surface area contributed by atoms with Gasteiger partial charge in [0.25, 0.3) is 5.69 Å². The number of nitro groups is 1. The zero-order chi connectivity index (χ0) is 16.5. The molecule has 0 heterocycles. The minimum absolute atomic E-state index is 0.00605. The Kier molecular flexibility index (Phi) is 4.32. The van der Waals surface area contributed by atoms with Crippen LogP contribution in [-0.4, -0.2) is 22.0 Å². The molecule has 116 valence electrons. The molecule has 0 saturated heterocycles. The van der Waals surface area contributed by atoms with Crippen molar-refractivity contribution in [1.29, 1.82) is 0 Å². The standard InChI is InChI=1S/C15H15ClN2O4/c1-15(2)6-13(19)10(14(20)7-15)8-17-9-3-4-11(16)12(5-9)18(21)22/h3-5,8,19H,6-7H2,1-2H3. The van der Waals surface area contributed by atoms with E-state index in [1.54, 1.807) is 0 Å². The second-order valence-corrected chi connectivity index (χ2v) is 6.36. The van der Waals surface area contributed by atoms with Gasteiger partial charge >= 0.3 is 0 Å². The van der Waals surface area contributed by atoms with Gasteiger partial charge in [0.15, 0.2) is 5.78 Å². The number of carbonyl (C=O) groups excluding carboxylic acids is 1. The van der Waals surface area contributed by atoms with Gasteiger partial charge in [-0.05, 0) is 17.5 Å². The first-order chi connectivity index (χ1) is 10.2. The molecule has 22 heavy (non-hydrogen) atoms. The fourth-order valence-electron chi connectivity index (χ4n) is 2.31. The molecular formula is C15H15ClN2O4. The molecule has 0 amide bonds. The normalized spacial score (nSPS) is 18.0. The molecule has 0 aliphatic heterocycles. The van der Waals surface area contributed by atoms with E-state index in [0.29, 0.717) is 12.8 Å². The Morgan fingerprint density at radius 1 is 1.41 bits per heavy atom. The smallest absolute Gasteiger partial charge is 0.290 e. The number of hydrogen-bond donors (Lipinski definition) is 1. The highest BCUT2D eigenvalue weighted by Crippen LogP contribution is 2.35. The van der Waals surface area contributed by atoms with Gasteiger partial charge in [-0.15, -0.1) is 0 Å². The van der Waals surface area contributed by atoms with E-state index >= 15 is 0 Å². The third-order valence-electron chi connectivity index (χ3n) is 3.37. The van der Waals surface area contributed by atoms with E-state index in [1.165, 1.54) is 24.4 Å². The predicted molar refractivity (Wildman–Crippen MR) is 83.9 cm³/mol. The minimum Gasteiger partial charge on any atom is -0.511 e. The molecule has 0 saturated carbocycles. The number of halogens is 1. The second-order valence-electron chi connectivity index (χ2n) is 5.95. The maximum Gasteiger partial charge on any atom is 0.290 e. The number of Topliss-reactive ketones (excluding diaryl/α,β-unsaturated/α-hetero) is 1. The number of allylic oxidation sites excluding steroid dienone is 2. The molecule has 1 N–H and O–H groups in total. The SMILES string of the molecule is CC1(C)CC(=O)C(C=Nc2ccc(Cl)c([N+](=O)[O-])c2)=C(O)C1. The van der Waals surface area contributed by atoms with Crippen LogP contribution in [0.1, 0.15) is 26.7 Å². The molecule has 0 bridgehead atoms. The third kappa shape index (κ3) is 3.51. The number of aliphatic hydroxyl groups is 1. The number of aliphatic imine (C=N–C) groups is 1. The molecule has 7 heteroatoms. The summed E-state index contributed by atoms with van der Waals surface area (Å²) in [5.41, 5.74) is -0.103. The van der Waals surface area contributed by atoms with Crippen molar-refractivity contribution < 1.29 is 14.8 Å². The summed E-state index contributed by atoms with van der Waals surface area (Å²) in [4.78, 5) is 26.3. The van der Waals surface area contributed by atoms with E-state index in [1.807, 2.05) is 13.8 Å². The Labute approximate surface area is 132 Å². The summed E-state index contributed by atoms with van der Waals surface area (Å²) in [6, 6.07) is 4.08. The van der Waals surface area contributed by atoms with Crippen LogP contribution in [0.2, 0.25) is 5.02 Å². The number of ketones is 1. The van der Waals surface area contributed by atoms with Crippen LogP contribution >= 0.6 is 11.6 Å². The first-order valence-electron chi connectivity index (χ1n) is 6.63. The summed E-state index contributed by atoms with van der Waals surface area (Å²) in [6.07, 6.45) is 1.96. The molecule has 1 aromatic rings. The zero-order valence-electron chi connectivity index (χ0n) is 12.2. The highest BCUT2D eigenvalue weighted by molar-refractivity contribution is 6.32. The van der Waals surface area contributed by atoms with Gasteiger partial charge in [0.05, 0.1) is 16.2 Å². The molecule has 0 fully saturated rings. The molecule has 0 spiro atoms. The second kappa shape index (κ2) is 5.88. The Balaban J connectivity index is 2.31. The van der Waals surface area contributed by atoms with Crippen molar-refractivity contribution in [2.45, 2.75) is 26.7 Å². The highest BCUT2D eigenvalue weighted by Gasteiger charge is 2.32. The Bertz CT molecular complexity index is 707. The van der Waals surface area contributed by atoms with E-state index in [0.717, 1.165) is 0 Å². The van der Waals surface area contributed by atoms with Crippen molar-refractivity contribution in [3.63, 3.8) is 0 Å². The molecule has 0 unspecified atom stereocenters. The molecular weight excluding hydrogens is 308 g/mol. The molecule has 1 aliphatic carbocycles. The van der Waals surface area contributed by atoms with Gasteiger partial charge in [0.2, 0.25) is 0 Å². The van der Waals surface area contributed by atoms with Gasteiger partial charge in [-0.3, -0.25) is 19.9 Å². The molecule has 6 nitrogen and oxygen atoms in total. The molecule has 1 aromatic carbocycles. The minimum atomic E-state index is -0.605. The number of nitro benzene ring substituents is 1.